The molecular weight excluding hydrogens is 366 g/mol. The number of benzene rings is 2. The summed E-state index contributed by atoms with van der Waals surface area (Å²) < 4.78 is 5.35. The second-order valence-corrected chi connectivity index (χ2v) is 7.23. The van der Waals surface area contributed by atoms with Crippen LogP contribution in [0.1, 0.15) is 23.6 Å². The minimum Gasteiger partial charge on any atom is -0.496 e. The molecule has 0 saturated carbocycles. The van der Waals surface area contributed by atoms with E-state index in [-0.39, 0.29) is 17.5 Å². The molecule has 1 heterocycles. The van der Waals surface area contributed by atoms with Gasteiger partial charge in [-0.1, -0.05) is 36.4 Å². The first-order valence-corrected chi connectivity index (χ1v) is 9.22. The van der Waals surface area contributed by atoms with Gasteiger partial charge in [0.05, 0.1) is 18.7 Å². The molecule has 1 atom stereocenters. The Balaban J connectivity index is 2.05. The highest BCUT2D eigenvalue weighted by Gasteiger charge is 2.48. The summed E-state index contributed by atoms with van der Waals surface area (Å²) in [6, 6.07) is 16.8. The maximum atomic E-state index is 13.3. The molecule has 0 aromatic heterocycles. The summed E-state index contributed by atoms with van der Waals surface area (Å²) >= 11 is 0. The van der Waals surface area contributed by atoms with E-state index in [4.69, 9.17) is 4.74 Å². The molecule has 1 saturated heterocycles. The molecule has 1 aliphatic heterocycles. The highest BCUT2D eigenvalue weighted by atomic mass is 16.5. The van der Waals surface area contributed by atoms with E-state index >= 15 is 0 Å². The van der Waals surface area contributed by atoms with Gasteiger partial charge in [0.2, 0.25) is 0 Å². The lowest BCUT2D eigenvalue weighted by Crippen LogP contribution is -2.64. The van der Waals surface area contributed by atoms with Crippen LogP contribution in [0.2, 0.25) is 0 Å². The van der Waals surface area contributed by atoms with Crippen LogP contribution in [0.4, 0.5) is 0 Å². The molecule has 1 aliphatic rings. The van der Waals surface area contributed by atoms with Gasteiger partial charge < -0.3 is 14.5 Å². The molecular formula is C23H23N3O3. The van der Waals surface area contributed by atoms with Gasteiger partial charge in [-0.05, 0) is 30.7 Å². The monoisotopic (exact) mass is 389 g/mol. The number of piperazine rings is 1. The summed E-state index contributed by atoms with van der Waals surface area (Å²) in [4.78, 5) is 29.4. The fourth-order valence-electron chi connectivity index (χ4n) is 3.60. The molecule has 29 heavy (non-hydrogen) atoms. The van der Waals surface area contributed by atoms with Gasteiger partial charge in [0.1, 0.15) is 17.0 Å². The van der Waals surface area contributed by atoms with E-state index in [0.717, 1.165) is 5.56 Å². The Bertz CT molecular complexity index is 1020. The van der Waals surface area contributed by atoms with Gasteiger partial charge in [0.15, 0.2) is 0 Å². The molecule has 3 rings (SSSR count). The maximum absolute atomic E-state index is 13.3. The van der Waals surface area contributed by atoms with Crippen LogP contribution in [-0.4, -0.2) is 48.4 Å². The van der Waals surface area contributed by atoms with Gasteiger partial charge in [-0.3, -0.25) is 9.59 Å². The van der Waals surface area contributed by atoms with Gasteiger partial charge in [-0.25, -0.2) is 0 Å². The zero-order chi connectivity index (χ0) is 21.2. The quantitative estimate of drug-likeness (QED) is 0.754. The lowest BCUT2D eigenvalue weighted by molar-refractivity contribution is -0.155. The maximum Gasteiger partial charge on any atom is 0.271 e. The Hall–Kier alpha value is -3.59. The molecule has 1 fully saturated rings. The number of carbonyl (C=O) groups excluding carboxylic acids is 2. The van der Waals surface area contributed by atoms with E-state index in [9.17, 15) is 14.9 Å². The van der Waals surface area contributed by atoms with Crippen LogP contribution in [-0.2, 0) is 16.0 Å². The first-order chi connectivity index (χ1) is 13.8. The molecule has 6 heteroatoms. The number of amides is 2. The molecule has 2 amide bonds. The first kappa shape index (κ1) is 20.2. The number of nitrogens with zero attached hydrogens (tertiary/aromatic N) is 3. The standard InChI is InChI=1S/C23H23N3O3/c1-23(14-16-9-6-5-7-10-16)22(28)25(2)19(21(27)26(23)3)13-18-17(15-24)11-8-12-20(18)29-4/h5-13H,14H2,1-4H3. The van der Waals surface area contributed by atoms with Crippen LogP contribution in [0, 0.1) is 11.3 Å². The molecule has 0 radical (unpaired) electrons. The number of ether oxygens (including phenoxy) is 1. The smallest absolute Gasteiger partial charge is 0.271 e. The number of methoxy groups -OCH3 is 1. The van der Waals surface area contributed by atoms with E-state index in [1.165, 1.54) is 16.9 Å². The molecule has 2 aromatic rings. The second-order valence-electron chi connectivity index (χ2n) is 7.23. The van der Waals surface area contributed by atoms with Crippen molar-refractivity contribution in [3.63, 3.8) is 0 Å². The Morgan fingerprint density at radius 3 is 2.41 bits per heavy atom. The lowest BCUT2D eigenvalue weighted by Gasteiger charge is -2.45. The number of likely N-dealkylation sites (N-methyl/N-ethyl adjacent to an activating group) is 2. The summed E-state index contributed by atoms with van der Waals surface area (Å²) in [7, 11) is 4.72. The van der Waals surface area contributed by atoms with Crippen molar-refractivity contribution in [3.05, 3.63) is 70.9 Å². The minimum absolute atomic E-state index is 0.192. The summed E-state index contributed by atoms with van der Waals surface area (Å²) in [6.07, 6.45) is 1.96. The Kier molecular flexibility index (Phi) is 5.42. The second kappa shape index (κ2) is 7.80. The van der Waals surface area contributed by atoms with Crippen molar-refractivity contribution in [2.75, 3.05) is 21.2 Å². The summed E-state index contributed by atoms with van der Waals surface area (Å²) in [6.45, 7) is 1.78. The van der Waals surface area contributed by atoms with Crippen LogP contribution < -0.4 is 4.74 Å². The fraction of sp³-hybridized carbons (Fsp3) is 0.261. The largest absolute Gasteiger partial charge is 0.496 e. The Morgan fingerprint density at radius 1 is 1.10 bits per heavy atom. The van der Waals surface area contributed by atoms with Gasteiger partial charge in [0.25, 0.3) is 11.8 Å². The predicted octanol–water partition coefficient (Wildman–Crippen LogP) is 2.84. The zero-order valence-electron chi connectivity index (χ0n) is 17.0. The van der Waals surface area contributed by atoms with Crippen LogP contribution in [0.15, 0.2) is 54.2 Å². The molecule has 0 bridgehead atoms. The molecule has 0 spiro atoms. The van der Waals surface area contributed by atoms with Crippen LogP contribution >= 0.6 is 0 Å². The third-order valence-corrected chi connectivity index (χ3v) is 5.47. The summed E-state index contributed by atoms with van der Waals surface area (Å²) in [5.74, 6) is -0.0195. The van der Waals surface area contributed by atoms with Gasteiger partial charge in [0, 0.05) is 26.1 Å². The number of nitriles is 1. The summed E-state index contributed by atoms with van der Waals surface area (Å²) in [5.41, 5.74) is 0.999. The molecule has 6 nitrogen and oxygen atoms in total. The molecule has 1 unspecified atom stereocenters. The number of hydrogen-bond acceptors (Lipinski definition) is 4. The van der Waals surface area contributed by atoms with Crippen molar-refractivity contribution in [3.8, 4) is 11.8 Å². The molecule has 148 valence electrons. The number of carbonyl (C=O) groups is 2. The van der Waals surface area contributed by atoms with Crippen LogP contribution in [0.25, 0.3) is 6.08 Å². The average Bonchev–Trinajstić information content (AvgIpc) is 2.74. The average molecular weight is 389 g/mol. The van der Waals surface area contributed by atoms with E-state index in [1.54, 1.807) is 45.3 Å². The van der Waals surface area contributed by atoms with Crippen molar-refractivity contribution < 1.29 is 14.3 Å². The molecule has 0 N–H and O–H groups in total. The molecule has 0 aliphatic carbocycles. The van der Waals surface area contributed by atoms with Gasteiger partial charge >= 0.3 is 0 Å². The van der Waals surface area contributed by atoms with Gasteiger partial charge in [-0.2, -0.15) is 5.26 Å². The third kappa shape index (κ3) is 3.47. The van der Waals surface area contributed by atoms with E-state index in [1.807, 2.05) is 30.3 Å². The van der Waals surface area contributed by atoms with Gasteiger partial charge in [-0.15, -0.1) is 0 Å². The highest BCUT2D eigenvalue weighted by molar-refractivity contribution is 6.09. The van der Waals surface area contributed by atoms with Crippen molar-refractivity contribution in [2.45, 2.75) is 18.9 Å². The van der Waals surface area contributed by atoms with E-state index in [0.29, 0.717) is 23.3 Å². The zero-order valence-corrected chi connectivity index (χ0v) is 17.0. The SMILES string of the molecule is COc1cccc(C#N)c1C=C1C(=O)N(C)C(C)(Cc2ccccc2)C(=O)N1C. The highest BCUT2D eigenvalue weighted by Crippen LogP contribution is 2.33. The van der Waals surface area contributed by atoms with Crippen LogP contribution in [0.3, 0.4) is 0 Å². The number of rotatable bonds is 4. The molecule has 2 aromatic carbocycles. The van der Waals surface area contributed by atoms with Crippen molar-refractivity contribution in [2.24, 2.45) is 0 Å². The normalized spacial score (nSPS) is 20.7. The Morgan fingerprint density at radius 2 is 1.79 bits per heavy atom. The predicted molar refractivity (Wildman–Crippen MR) is 110 cm³/mol. The fourth-order valence-corrected chi connectivity index (χ4v) is 3.60. The van der Waals surface area contributed by atoms with Crippen molar-refractivity contribution in [1.82, 2.24) is 9.80 Å². The Labute approximate surface area is 170 Å². The first-order valence-electron chi connectivity index (χ1n) is 9.22. The summed E-state index contributed by atoms with van der Waals surface area (Å²) in [5, 5.41) is 9.44. The topological polar surface area (TPSA) is 73.6 Å². The third-order valence-electron chi connectivity index (χ3n) is 5.47. The lowest BCUT2D eigenvalue weighted by atomic mass is 9.87. The minimum atomic E-state index is -1.01. The van der Waals surface area contributed by atoms with Crippen molar-refractivity contribution >= 4 is 17.9 Å². The number of hydrogen-bond donors (Lipinski definition) is 0. The van der Waals surface area contributed by atoms with E-state index in [2.05, 4.69) is 6.07 Å². The van der Waals surface area contributed by atoms with E-state index < -0.39 is 5.54 Å². The van der Waals surface area contributed by atoms with Crippen molar-refractivity contribution in [1.29, 1.82) is 5.26 Å². The van der Waals surface area contributed by atoms with Crippen LogP contribution in [0.5, 0.6) is 5.75 Å².